The lowest BCUT2D eigenvalue weighted by atomic mass is 9.99. The Bertz CT molecular complexity index is 925. The van der Waals surface area contributed by atoms with Gasteiger partial charge in [-0.25, -0.2) is 0 Å². The van der Waals surface area contributed by atoms with Crippen LogP contribution in [0.25, 0.3) is 0 Å². The number of nitrogens with one attached hydrogen (secondary N) is 1. The molecule has 2 aliphatic heterocycles. The number of ether oxygens (including phenoxy) is 2. The van der Waals surface area contributed by atoms with Gasteiger partial charge in [-0.2, -0.15) is 0 Å². The van der Waals surface area contributed by atoms with E-state index in [2.05, 4.69) is 19.2 Å². The molecule has 6 heteroatoms. The van der Waals surface area contributed by atoms with E-state index in [0.29, 0.717) is 35.9 Å². The van der Waals surface area contributed by atoms with Crippen LogP contribution in [0.5, 0.6) is 11.5 Å². The number of hydrogen-bond donors (Lipinski definition) is 1. The van der Waals surface area contributed by atoms with Gasteiger partial charge in [0.05, 0.1) is 0 Å². The molecule has 0 aromatic heterocycles. The fourth-order valence-corrected chi connectivity index (χ4v) is 3.64. The minimum atomic E-state index is -0.704. The highest BCUT2D eigenvalue weighted by Gasteiger charge is 2.28. The van der Waals surface area contributed by atoms with Crippen LogP contribution in [0.3, 0.4) is 0 Å². The third-order valence-electron chi connectivity index (χ3n) is 5.28. The summed E-state index contributed by atoms with van der Waals surface area (Å²) in [7, 11) is 0. The van der Waals surface area contributed by atoms with Gasteiger partial charge in [0.15, 0.2) is 11.5 Å². The first-order valence-electron chi connectivity index (χ1n) is 10.1. The van der Waals surface area contributed by atoms with E-state index in [9.17, 15) is 9.59 Å². The Balaban J connectivity index is 1.45. The fourth-order valence-electron chi connectivity index (χ4n) is 3.64. The predicted octanol–water partition coefficient (Wildman–Crippen LogP) is 3.79. The van der Waals surface area contributed by atoms with Gasteiger partial charge in [-0.3, -0.25) is 9.59 Å². The highest BCUT2D eigenvalue weighted by molar-refractivity contribution is 5.98. The van der Waals surface area contributed by atoms with Crippen molar-refractivity contribution in [2.75, 3.05) is 23.4 Å². The second-order valence-corrected chi connectivity index (χ2v) is 7.92. The largest absolute Gasteiger partial charge is 0.485 e. The van der Waals surface area contributed by atoms with Crippen LogP contribution in [-0.4, -0.2) is 31.1 Å². The van der Waals surface area contributed by atoms with Crippen molar-refractivity contribution < 1.29 is 19.1 Å². The minimum Gasteiger partial charge on any atom is -0.485 e. The SMILES string of the molecule is CC(C)CCN1C(=O)CCc2cc(NC(=O)C3COc4ccccc4O3)ccc21. The molecule has 152 valence electrons. The average Bonchev–Trinajstić information content (AvgIpc) is 2.72. The summed E-state index contributed by atoms with van der Waals surface area (Å²) in [5.41, 5.74) is 2.73. The number of nitrogens with zero attached hydrogens (tertiary/aromatic N) is 1. The number of anilines is 2. The lowest BCUT2D eigenvalue weighted by Gasteiger charge is -2.30. The molecule has 2 aliphatic rings. The van der Waals surface area contributed by atoms with Gasteiger partial charge < -0.3 is 19.7 Å². The van der Waals surface area contributed by atoms with Crippen molar-refractivity contribution in [3.8, 4) is 11.5 Å². The molecule has 2 aromatic carbocycles. The molecule has 0 aliphatic carbocycles. The maximum absolute atomic E-state index is 12.7. The zero-order valence-corrected chi connectivity index (χ0v) is 16.8. The zero-order chi connectivity index (χ0) is 20.4. The first-order valence-corrected chi connectivity index (χ1v) is 10.1. The minimum absolute atomic E-state index is 0.168. The lowest BCUT2D eigenvalue weighted by molar-refractivity contribution is -0.125. The number of hydrogen-bond acceptors (Lipinski definition) is 4. The molecule has 0 fully saturated rings. The Hall–Kier alpha value is -3.02. The quantitative estimate of drug-likeness (QED) is 0.838. The Kier molecular flexibility index (Phi) is 5.43. The molecular weight excluding hydrogens is 368 g/mol. The van der Waals surface area contributed by atoms with Crippen molar-refractivity contribution in [1.82, 2.24) is 0 Å². The molecule has 29 heavy (non-hydrogen) atoms. The first kappa shape index (κ1) is 19.3. The number of carbonyl (C=O) groups excluding carboxylic acids is 2. The van der Waals surface area contributed by atoms with Gasteiger partial charge in [-0.1, -0.05) is 26.0 Å². The summed E-state index contributed by atoms with van der Waals surface area (Å²) in [6.45, 7) is 5.21. The van der Waals surface area contributed by atoms with E-state index in [-0.39, 0.29) is 18.4 Å². The summed E-state index contributed by atoms with van der Waals surface area (Å²) < 4.78 is 11.4. The molecule has 0 bridgehead atoms. The fraction of sp³-hybridized carbons (Fsp3) is 0.391. The zero-order valence-electron chi connectivity index (χ0n) is 16.8. The van der Waals surface area contributed by atoms with E-state index in [0.717, 1.165) is 24.2 Å². The van der Waals surface area contributed by atoms with Crippen molar-refractivity contribution >= 4 is 23.2 Å². The van der Waals surface area contributed by atoms with Crippen LogP contribution in [-0.2, 0) is 16.0 Å². The van der Waals surface area contributed by atoms with Crippen molar-refractivity contribution in [3.63, 3.8) is 0 Å². The van der Waals surface area contributed by atoms with Crippen LogP contribution in [0.4, 0.5) is 11.4 Å². The van der Waals surface area contributed by atoms with Crippen LogP contribution < -0.4 is 19.7 Å². The van der Waals surface area contributed by atoms with Crippen molar-refractivity contribution in [2.24, 2.45) is 5.92 Å². The van der Waals surface area contributed by atoms with E-state index < -0.39 is 6.10 Å². The smallest absolute Gasteiger partial charge is 0.269 e. The lowest BCUT2D eigenvalue weighted by Crippen LogP contribution is -2.40. The van der Waals surface area contributed by atoms with Crippen molar-refractivity contribution in [3.05, 3.63) is 48.0 Å². The van der Waals surface area contributed by atoms with Gasteiger partial charge in [-0.15, -0.1) is 0 Å². The van der Waals surface area contributed by atoms with Crippen LogP contribution in [0, 0.1) is 5.92 Å². The third kappa shape index (κ3) is 4.21. The summed E-state index contributed by atoms with van der Waals surface area (Å²) in [5, 5.41) is 2.92. The predicted molar refractivity (Wildman–Crippen MR) is 112 cm³/mol. The molecule has 0 saturated heterocycles. The molecule has 2 heterocycles. The number of amides is 2. The normalized spacial score (nSPS) is 17.8. The molecule has 6 nitrogen and oxygen atoms in total. The Labute approximate surface area is 170 Å². The number of fused-ring (bicyclic) bond motifs is 2. The average molecular weight is 394 g/mol. The van der Waals surface area contributed by atoms with Crippen LogP contribution in [0.15, 0.2) is 42.5 Å². The van der Waals surface area contributed by atoms with Gasteiger partial charge in [-0.05, 0) is 54.7 Å². The second kappa shape index (κ2) is 8.15. The van der Waals surface area contributed by atoms with Gasteiger partial charge in [0, 0.05) is 24.3 Å². The summed E-state index contributed by atoms with van der Waals surface area (Å²) in [6.07, 6.45) is 1.44. The number of carbonyl (C=O) groups is 2. The summed E-state index contributed by atoms with van der Waals surface area (Å²) in [4.78, 5) is 26.9. The van der Waals surface area contributed by atoms with Gasteiger partial charge >= 0.3 is 0 Å². The highest BCUT2D eigenvalue weighted by atomic mass is 16.6. The number of para-hydroxylation sites is 2. The molecule has 1 N–H and O–H groups in total. The standard InChI is InChI=1S/C23H26N2O4/c1-15(2)11-12-25-18-9-8-17(13-16(18)7-10-22(25)26)24-23(27)21-14-28-19-5-3-4-6-20(19)29-21/h3-6,8-9,13,15,21H,7,10-12,14H2,1-2H3,(H,24,27). The number of aryl methyl sites for hydroxylation is 1. The van der Waals surface area contributed by atoms with E-state index in [1.807, 2.05) is 41.3 Å². The Morgan fingerprint density at radius 1 is 1.17 bits per heavy atom. The number of benzene rings is 2. The van der Waals surface area contributed by atoms with Crippen molar-refractivity contribution in [1.29, 1.82) is 0 Å². The Morgan fingerprint density at radius 3 is 2.76 bits per heavy atom. The molecule has 0 saturated carbocycles. The summed E-state index contributed by atoms with van der Waals surface area (Å²) in [5.74, 6) is 1.68. The molecular formula is C23H26N2O4. The molecule has 2 amide bonds. The van der Waals surface area contributed by atoms with E-state index in [1.165, 1.54) is 0 Å². The molecule has 0 radical (unpaired) electrons. The monoisotopic (exact) mass is 394 g/mol. The molecule has 1 atom stereocenters. The van der Waals surface area contributed by atoms with Crippen LogP contribution >= 0.6 is 0 Å². The first-order chi connectivity index (χ1) is 14.0. The summed E-state index contributed by atoms with van der Waals surface area (Å²) >= 11 is 0. The highest BCUT2D eigenvalue weighted by Crippen LogP contribution is 2.33. The molecule has 2 aromatic rings. The maximum atomic E-state index is 12.7. The topological polar surface area (TPSA) is 67.9 Å². The van der Waals surface area contributed by atoms with Crippen molar-refractivity contribution in [2.45, 2.75) is 39.2 Å². The molecule has 4 rings (SSSR count). The van der Waals surface area contributed by atoms with E-state index >= 15 is 0 Å². The second-order valence-electron chi connectivity index (χ2n) is 7.92. The van der Waals surface area contributed by atoms with Crippen LogP contribution in [0.1, 0.15) is 32.3 Å². The van der Waals surface area contributed by atoms with E-state index in [1.54, 1.807) is 6.07 Å². The van der Waals surface area contributed by atoms with E-state index in [4.69, 9.17) is 9.47 Å². The van der Waals surface area contributed by atoms with Gasteiger partial charge in [0.25, 0.3) is 5.91 Å². The number of rotatable bonds is 5. The van der Waals surface area contributed by atoms with Gasteiger partial charge in [0.1, 0.15) is 6.61 Å². The maximum Gasteiger partial charge on any atom is 0.269 e. The summed E-state index contributed by atoms with van der Waals surface area (Å²) in [6, 6.07) is 13.0. The molecule has 1 unspecified atom stereocenters. The Morgan fingerprint density at radius 2 is 1.97 bits per heavy atom. The van der Waals surface area contributed by atoms with Crippen LogP contribution in [0.2, 0.25) is 0 Å². The van der Waals surface area contributed by atoms with Gasteiger partial charge in [0.2, 0.25) is 12.0 Å². The third-order valence-corrected chi connectivity index (χ3v) is 5.28. The molecule has 0 spiro atoms.